The van der Waals surface area contributed by atoms with Gasteiger partial charge in [0.05, 0.1) is 5.51 Å². The number of likely N-dealkylation sites (tertiary alicyclic amines) is 1. The van der Waals surface area contributed by atoms with E-state index in [4.69, 9.17) is 5.73 Å². The van der Waals surface area contributed by atoms with Crippen molar-refractivity contribution in [1.29, 1.82) is 0 Å². The third kappa shape index (κ3) is 3.34. The molecule has 102 valence electrons. The number of rotatable bonds is 3. The molecule has 0 spiro atoms. The average Bonchev–Trinajstić information content (AvgIpc) is 3.01. The minimum absolute atomic E-state index is 0. The van der Waals surface area contributed by atoms with Crippen molar-refractivity contribution in [1.82, 2.24) is 9.88 Å². The highest BCUT2D eigenvalue weighted by Crippen LogP contribution is 2.27. The number of aromatic nitrogens is 1. The first kappa shape index (κ1) is 14.5. The minimum atomic E-state index is 0. The number of thiazole rings is 1. The molecule has 1 aromatic heterocycles. The van der Waals surface area contributed by atoms with Crippen LogP contribution < -0.4 is 5.73 Å². The molecule has 0 unspecified atom stereocenters. The third-order valence-corrected chi connectivity index (χ3v) is 4.30. The van der Waals surface area contributed by atoms with Gasteiger partial charge >= 0.3 is 0 Å². The highest BCUT2D eigenvalue weighted by Gasteiger charge is 2.31. The van der Waals surface area contributed by atoms with Crippen LogP contribution in [0.2, 0.25) is 0 Å². The molecular weight excluding hydrogens is 278 g/mol. The molecular formula is C14H18ClN3S. The van der Waals surface area contributed by atoms with Crippen LogP contribution in [0.25, 0.3) is 0 Å². The first-order valence-corrected chi connectivity index (χ1v) is 7.11. The number of nitrogens with zero attached hydrogens (tertiary/aromatic N) is 2. The van der Waals surface area contributed by atoms with E-state index in [1.165, 1.54) is 10.4 Å². The minimum Gasteiger partial charge on any atom is -0.326 e. The lowest BCUT2D eigenvalue weighted by Gasteiger charge is -2.15. The largest absolute Gasteiger partial charge is 0.326 e. The molecule has 0 radical (unpaired) electrons. The molecule has 0 saturated carbocycles. The van der Waals surface area contributed by atoms with Gasteiger partial charge in [0.15, 0.2) is 0 Å². The number of hydrogen-bond donors (Lipinski definition) is 1. The Kier molecular flexibility index (Phi) is 4.93. The summed E-state index contributed by atoms with van der Waals surface area (Å²) in [5.41, 5.74) is 9.52. The molecule has 5 heteroatoms. The van der Waals surface area contributed by atoms with Crippen LogP contribution in [-0.2, 0) is 6.54 Å². The van der Waals surface area contributed by atoms with E-state index in [9.17, 15) is 0 Å². The van der Waals surface area contributed by atoms with Crippen LogP contribution in [0.3, 0.4) is 0 Å². The van der Waals surface area contributed by atoms with Gasteiger partial charge in [0, 0.05) is 42.7 Å². The Bertz CT molecular complexity index is 489. The van der Waals surface area contributed by atoms with Crippen LogP contribution in [0.15, 0.2) is 42.0 Å². The first-order valence-electron chi connectivity index (χ1n) is 6.23. The van der Waals surface area contributed by atoms with Crippen LogP contribution >= 0.6 is 23.7 Å². The summed E-state index contributed by atoms with van der Waals surface area (Å²) in [5.74, 6) is 0.458. The summed E-state index contributed by atoms with van der Waals surface area (Å²) in [5, 5.41) is 0. The Hall–Kier alpha value is -0.940. The number of benzene rings is 1. The molecule has 19 heavy (non-hydrogen) atoms. The van der Waals surface area contributed by atoms with Gasteiger partial charge in [-0.15, -0.1) is 23.7 Å². The molecule has 1 aliphatic rings. The standard InChI is InChI=1S/C14H17N3S.ClH/c15-14-9-17(7-12-6-16-10-18-12)8-13(14)11-4-2-1-3-5-11;/h1-6,10,13-14H,7-9,15H2;1H/t13-,14+;/m0./s1. The summed E-state index contributed by atoms with van der Waals surface area (Å²) in [6, 6.07) is 10.8. The van der Waals surface area contributed by atoms with E-state index in [0.717, 1.165) is 19.6 Å². The van der Waals surface area contributed by atoms with E-state index in [2.05, 4.69) is 40.2 Å². The molecule has 0 bridgehead atoms. The molecule has 1 aliphatic heterocycles. The van der Waals surface area contributed by atoms with Crippen LogP contribution in [0.4, 0.5) is 0 Å². The van der Waals surface area contributed by atoms with E-state index in [0.29, 0.717) is 5.92 Å². The lowest BCUT2D eigenvalue weighted by molar-refractivity contribution is 0.326. The highest BCUT2D eigenvalue weighted by molar-refractivity contribution is 7.09. The number of nitrogens with two attached hydrogens (primary N) is 1. The molecule has 1 aromatic carbocycles. The average molecular weight is 296 g/mol. The van der Waals surface area contributed by atoms with Gasteiger partial charge < -0.3 is 5.73 Å². The van der Waals surface area contributed by atoms with E-state index >= 15 is 0 Å². The lowest BCUT2D eigenvalue weighted by Crippen LogP contribution is -2.28. The molecule has 2 aromatic rings. The Labute approximate surface area is 123 Å². The maximum atomic E-state index is 6.28. The highest BCUT2D eigenvalue weighted by atomic mass is 35.5. The van der Waals surface area contributed by atoms with Crippen molar-refractivity contribution in [3.63, 3.8) is 0 Å². The van der Waals surface area contributed by atoms with Crippen molar-refractivity contribution in [3.05, 3.63) is 52.5 Å². The molecule has 2 heterocycles. The Morgan fingerprint density at radius 3 is 2.74 bits per heavy atom. The first-order chi connectivity index (χ1) is 8.83. The molecule has 2 atom stereocenters. The summed E-state index contributed by atoms with van der Waals surface area (Å²) in [4.78, 5) is 7.86. The molecule has 0 amide bonds. The lowest BCUT2D eigenvalue weighted by atomic mass is 9.95. The van der Waals surface area contributed by atoms with E-state index in [1.807, 2.05) is 11.7 Å². The summed E-state index contributed by atoms with van der Waals surface area (Å²) in [6.07, 6.45) is 1.95. The fourth-order valence-corrected chi connectivity index (χ4v) is 3.27. The van der Waals surface area contributed by atoms with Crippen molar-refractivity contribution in [2.24, 2.45) is 5.73 Å². The number of hydrogen-bond acceptors (Lipinski definition) is 4. The van der Waals surface area contributed by atoms with Gasteiger partial charge in [0.1, 0.15) is 0 Å². The quantitative estimate of drug-likeness (QED) is 0.946. The summed E-state index contributed by atoms with van der Waals surface area (Å²) >= 11 is 1.71. The van der Waals surface area contributed by atoms with Crippen LogP contribution in [-0.4, -0.2) is 29.0 Å². The van der Waals surface area contributed by atoms with Crippen molar-refractivity contribution < 1.29 is 0 Å². The molecule has 2 N–H and O–H groups in total. The van der Waals surface area contributed by atoms with Crippen LogP contribution in [0.1, 0.15) is 16.4 Å². The third-order valence-electron chi connectivity index (χ3n) is 3.53. The van der Waals surface area contributed by atoms with Gasteiger partial charge in [0.2, 0.25) is 0 Å². The van der Waals surface area contributed by atoms with E-state index in [-0.39, 0.29) is 18.4 Å². The maximum absolute atomic E-state index is 6.28. The van der Waals surface area contributed by atoms with E-state index < -0.39 is 0 Å². The second-order valence-electron chi connectivity index (χ2n) is 4.84. The summed E-state index contributed by atoms with van der Waals surface area (Å²) in [7, 11) is 0. The van der Waals surface area contributed by atoms with Gasteiger partial charge in [-0.2, -0.15) is 0 Å². The van der Waals surface area contributed by atoms with Gasteiger partial charge in [0.25, 0.3) is 0 Å². The Balaban J connectivity index is 0.00000133. The normalized spacial score (nSPS) is 23.2. The topological polar surface area (TPSA) is 42.1 Å². The molecule has 1 fully saturated rings. The fraction of sp³-hybridized carbons (Fsp3) is 0.357. The summed E-state index contributed by atoms with van der Waals surface area (Å²) in [6.45, 7) is 2.99. The van der Waals surface area contributed by atoms with Crippen molar-refractivity contribution in [2.75, 3.05) is 13.1 Å². The smallest absolute Gasteiger partial charge is 0.0794 e. The fourth-order valence-electron chi connectivity index (χ4n) is 2.64. The monoisotopic (exact) mass is 295 g/mol. The predicted molar refractivity (Wildman–Crippen MR) is 81.8 cm³/mol. The predicted octanol–water partition coefficient (Wildman–Crippen LogP) is 2.49. The van der Waals surface area contributed by atoms with Crippen molar-refractivity contribution in [2.45, 2.75) is 18.5 Å². The Morgan fingerprint density at radius 2 is 2.05 bits per heavy atom. The zero-order valence-electron chi connectivity index (χ0n) is 10.6. The SMILES string of the molecule is Cl.N[C@@H]1CN(Cc2cncs2)C[C@H]1c1ccccc1. The Morgan fingerprint density at radius 1 is 1.26 bits per heavy atom. The second kappa shape index (κ2) is 6.48. The maximum Gasteiger partial charge on any atom is 0.0794 e. The molecule has 3 rings (SSSR count). The zero-order valence-corrected chi connectivity index (χ0v) is 12.2. The van der Waals surface area contributed by atoms with Gasteiger partial charge in [-0.3, -0.25) is 9.88 Å². The molecule has 3 nitrogen and oxygen atoms in total. The number of halogens is 1. The van der Waals surface area contributed by atoms with Crippen molar-refractivity contribution in [3.8, 4) is 0 Å². The van der Waals surface area contributed by atoms with Gasteiger partial charge in [-0.1, -0.05) is 30.3 Å². The van der Waals surface area contributed by atoms with E-state index in [1.54, 1.807) is 11.3 Å². The molecule has 1 saturated heterocycles. The zero-order chi connectivity index (χ0) is 12.4. The second-order valence-corrected chi connectivity index (χ2v) is 5.81. The van der Waals surface area contributed by atoms with Gasteiger partial charge in [-0.05, 0) is 5.56 Å². The van der Waals surface area contributed by atoms with Crippen molar-refractivity contribution >= 4 is 23.7 Å². The van der Waals surface area contributed by atoms with Crippen LogP contribution in [0.5, 0.6) is 0 Å². The van der Waals surface area contributed by atoms with Gasteiger partial charge in [-0.25, -0.2) is 0 Å². The van der Waals surface area contributed by atoms with Crippen LogP contribution in [0, 0.1) is 0 Å². The molecule has 0 aliphatic carbocycles. The summed E-state index contributed by atoms with van der Waals surface area (Å²) < 4.78 is 0.